The monoisotopic (exact) mass is 256 g/mol. The maximum absolute atomic E-state index is 11.4. The van der Waals surface area contributed by atoms with Crippen molar-refractivity contribution in [3.05, 3.63) is 0 Å². The molecule has 2 N–H and O–H groups in total. The van der Waals surface area contributed by atoms with E-state index in [1.54, 1.807) is 7.05 Å². The average Bonchev–Trinajstić information content (AvgIpc) is 2.82. The second kappa shape index (κ2) is 7.10. The number of aliphatic carboxylic acids is 1. The molecule has 0 aromatic rings. The van der Waals surface area contributed by atoms with Crippen LogP contribution in [0.3, 0.4) is 0 Å². The third-order valence-corrected chi connectivity index (χ3v) is 4.51. The largest absolute Gasteiger partial charge is 0.480 e. The Kier molecular flexibility index (Phi) is 6.09. The highest BCUT2D eigenvalue weighted by Crippen LogP contribution is 2.22. The normalized spacial score (nSPS) is 24.1. The molecular weight excluding hydrogens is 228 g/mol. The van der Waals surface area contributed by atoms with Gasteiger partial charge in [-0.05, 0) is 58.7 Å². The van der Waals surface area contributed by atoms with Crippen LogP contribution in [-0.2, 0) is 4.79 Å². The van der Waals surface area contributed by atoms with Gasteiger partial charge in [-0.15, -0.1) is 0 Å². The third kappa shape index (κ3) is 3.45. The van der Waals surface area contributed by atoms with Gasteiger partial charge in [-0.1, -0.05) is 13.8 Å². The molecule has 0 bridgehead atoms. The number of likely N-dealkylation sites (tertiary alicyclic amines) is 1. The van der Waals surface area contributed by atoms with Crippen molar-refractivity contribution in [1.82, 2.24) is 10.2 Å². The number of rotatable bonds is 8. The van der Waals surface area contributed by atoms with Crippen LogP contribution in [-0.4, -0.2) is 47.7 Å². The molecule has 4 heteroatoms. The lowest BCUT2D eigenvalue weighted by Gasteiger charge is -2.29. The third-order valence-electron chi connectivity index (χ3n) is 4.51. The summed E-state index contributed by atoms with van der Waals surface area (Å²) in [4.78, 5) is 13.9. The summed E-state index contributed by atoms with van der Waals surface area (Å²) >= 11 is 0. The Balaban J connectivity index is 2.41. The molecule has 18 heavy (non-hydrogen) atoms. The molecule has 0 aromatic carbocycles. The Bertz CT molecular complexity index is 265. The predicted molar refractivity (Wildman–Crippen MR) is 73.8 cm³/mol. The predicted octanol–water partition coefficient (Wildman–Crippen LogP) is 2.09. The molecule has 1 heterocycles. The molecule has 1 fully saturated rings. The number of carboxylic acid groups (broad SMARTS) is 1. The molecule has 0 aromatic heterocycles. The molecule has 0 spiro atoms. The van der Waals surface area contributed by atoms with E-state index in [-0.39, 0.29) is 0 Å². The van der Waals surface area contributed by atoms with Crippen LogP contribution in [0, 0.1) is 0 Å². The van der Waals surface area contributed by atoms with Crippen molar-refractivity contribution in [3.63, 3.8) is 0 Å². The van der Waals surface area contributed by atoms with Crippen molar-refractivity contribution in [3.8, 4) is 0 Å². The van der Waals surface area contributed by atoms with Crippen molar-refractivity contribution in [2.24, 2.45) is 0 Å². The van der Waals surface area contributed by atoms with Gasteiger partial charge in [0.25, 0.3) is 0 Å². The molecule has 1 saturated heterocycles. The first-order chi connectivity index (χ1) is 8.59. The van der Waals surface area contributed by atoms with E-state index in [1.165, 1.54) is 25.8 Å². The van der Waals surface area contributed by atoms with Gasteiger partial charge in [0.05, 0.1) is 0 Å². The van der Waals surface area contributed by atoms with E-state index in [1.807, 2.05) is 6.92 Å². The zero-order chi connectivity index (χ0) is 13.6. The van der Waals surface area contributed by atoms with E-state index in [0.717, 1.165) is 19.0 Å². The van der Waals surface area contributed by atoms with Crippen LogP contribution in [0.15, 0.2) is 0 Å². The van der Waals surface area contributed by atoms with Gasteiger partial charge >= 0.3 is 5.97 Å². The number of nitrogens with zero attached hydrogens (tertiary/aromatic N) is 1. The Morgan fingerprint density at radius 1 is 1.50 bits per heavy atom. The first-order valence-corrected chi connectivity index (χ1v) is 7.26. The fourth-order valence-corrected chi connectivity index (χ4v) is 3.08. The van der Waals surface area contributed by atoms with Crippen LogP contribution in [0.4, 0.5) is 0 Å². The van der Waals surface area contributed by atoms with Gasteiger partial charge in [-0.2, -0.15) is 0 Å². The van der Waals surface area contributed by atoms with Crippen molar-refractivity contribution in [2.75, 3.05) is 20.1 Å². The van der Waals surface area contributed by atoms with Crippen LogP contribution in [0.5, 0.6) is 0 Å². The van der Waals surface area contributed by atoms with Crippen molar-refractivity contribution in [1.29, 1.82) is 0 Å². The second-order valence-electron chi connectivity index (χ2n) is 5.33. The molecule has 2 unspecified atom stereocenters. The van der Waals surface area contributed by atoms with Gasteiger partial charge in [-0.3, -0.25) is 4.79 Å². The maximum atomic E-state index is 11.4. The Morgan fingerprint density at radius 2 is 2.22 bits per heavy atom. The number of hydrogen-bond acceptors (Lipinski definition) is 3. The number of likely N-dealkylation sites (N-methyl/N-ethyl adjacent to an activating group) is 1. The molecule has 0 aliphatic carbocycles. The van der Waals surface area contributed by atoms with E-state index in [4.69, 9.17) is 0 Å². The molecular formula is C14H28N2O2. The van der Waals surface area contributed by atoms with Gasteiger partial charge in [0.1, 0.15) is 5.54 Å². The molecule has 1 aliphatic heterocycles. The van der Waals surface area contributed by atoms with Crippen molar-refractivity contribution >= 4 is 5.97 Å². The summed E-state index contributed by atoms with van der Waals surface area (Å²) in [7, 11) is 1.75. The molecule has 0 amide bonds. The Morgan fingerprint density at radius 3 is 2.72 bits per heavy atom. The minimum absolute atomic E-state index is 0.635. The highest BCUT2D eigenvalue weighted by molar-refractivity contribution is 5.78. The summed E-state index contributed by atoms with van der Waals surface area (Å²) in [6.45, 7) is 6.40. The molecule has 2 atom stereocenters. The quantitative estimate of drug-likeness (QED) is 0.698. The molecule has 0 radical (unpaired) electrons. The van der Waals surface area contributed by atoms with Crippen LogP contribution in [0.25, 0.3) is 0 Å². The molecule has 106 valence electrons. The summed E-state index contributed by atoms with van der Waals surface area (Å²) in [5.41, 5.74) is -0.735. The van der Waals surface area contributed by atoms with Crippen LogP contribution < -0.4 is 5.32 Å². The summed E-state index contributed by atoms with van der Waals surface area (Å²) < 4.78 is 0. The van der Waals surface area contributed by atoms with Gasteiger partial charge in [0.15, 0.2) is 0 Å². The van der Waals surface area contributed by atoms with Gasteiger partial charge in [0.2, 0.25) is 0 Å². The number of hydrogen-bond donors (Lipinski definition) is 2. The topological polar surface area (TPSA) is 52.6 Å². The van der Waals surface area contributed by atoms with E-state index < -0.39 is 11.5 Å². The summed E-state index contributed by atoms with van der Waals surface area (Å²) in [5, 5.41) is 12.3. The SMILES string of the molecule is CCC1CCCN1CCCC(CC)(NC)C(=O)O. The first-order valence-electron chi connectivity index (χ1n) is 7.26. The minimum Gasteiger partial charge on any atom is -0.480 e. The second-order valence-corrected chi connectivity index (χ2v) is 5.33. The fraction of sp³-hybridized carbons (Fsp3) is 0.929. The summed E-state index contributed by atoms with van der Waals surface area (Å²) in [6, 6.07) is 0.723. The minimum atomic E-state index is -0.735. The molecule has 1 aliphatic rings. The number of nitrogens with one attached hydrogen (secondary N) is 1. The zero-order valence-electron chi connectivity index (χ0n) is 12.0. The standard InChI is InChI=1S/C14H28N2O2/c1-4-12-8-6-10-16(12)11-7-9-14(5-2,15-3)13(17)18/h12,15H,4-11H2,1-3H3,(H,17,18). The lowest BCUT2D eigenvalue weighted by Crippen LogP contribution is -2.50. The van der Waals surface area contributed by atoms with Crippen molar-refractivity contribution < 1.29 is 9.90 Å². The first kappa shape index (κ1) is 15.4. The average molecular weight is 256 g/mol. The van der Waals surface area contributed by atoms with E-state index >= 15 is 0 Å². The Labute approximate surface area is 111 Å². The van der Waals surface area contributed by atoms with E-state index in [0.29, 0.717) is 12.8 Å². The summed E-state index contributed by atoms with van der Waals surface area (Å²) in [5.74, 6) is -0.721. The fourth-order valence-electron chi connectivity index (χ4n) is 3.08. The van der Waals surface area contributed by atoms with E-state index in [2.05, 4.69) is 17.1 Å². The van der Waals surface area contributed by atoms with Gasteiger partial charge in [0, 0.05) is 6.04 Å². The van der Waals surface area contributed by atoms with Gasteiger partial charge in [-0.25, -0.2) is 0 Å². The zero-order valence-corrected chi connectivity index (χ0v) is 12.0. The maximum Gasteiger partial charge on any atom is 0.323 e. The van der Waals surface area contributed by atoms with Crippen LogP contribution in [0.2, 0.25) is 0 Å². The lowest BCUT2D eigenvalue weighted by molar-refractivity contribution is -0.145. The number of carbonyl (C=O) groups is 1. The van der Waals surface area contributed by atoms with Gasteiger partial charge < -0.3 is 15.3 Å². The van der Waals surface area contributed by atoms with Crippen LogP contribution >= 0.6 is 0 Å². The highest BCUT2D eigenvalue weighted by atomic mass is 16.4. The molecule has 4 nitrogen and oxygen atoms in total. The number of carboxylic acids is 1. The lowest BCUT2D eigenvalue weighted by atomic mass is 9.90. The molecule has 1 rings (SSSR count). The highest BCUT2D eigenvalue weighted by Gasteiger charge is 2.34. The summed E-state index contributed by atoms with van der Waals surface area (Å²) in [6.07, 6.45) is 6.11. The van der Waals surface area contributed by atoms with Crippen LogP contribution in [0.1, 0.15) is 52.4 Å². The van der Waals surface area contributed by atoms with E-state index in [9.17, 15) is 9.90 Å². The smallest absolute Gasteiger partial charge is 0.323 e. The molecule has 0 saturated carbocycles. The Hall–Kier alpha value is -0.610. The van der Waals surface area contributed by atoms with Crippen molar-refractivity contribution in [2.45, 2.75) is 64.0 Å².